The third kappa shape index (κ3) is 4.83. The van der Waals surface area contributed by atoms with Gasteiger partial charge in [-0.3, -0.25) is 0 Å². The molecule has 0 amide bonds. The van der Waals surface area contributed by atoms with Crippen molar-refractivity contribution >= 4 is 54.5 Å². The minimum atomic E-state index is -0.466. The molecular formula is C49H30N4O. The molecule has 5 nitrogen and oxygen atoms in total. The van der Waals surface area contributed by atoms with Gasteiger partial charge in [0.25, 0.3) is 0 Å². The Labute approximate surface area is 320 Å². The zero-order chi connectivity index (χ0) is 41.7. The lowest BCUT2D eigenvalue weighted by Gasteiger charge is -2.15. The number of hydrogen-bond acceptors (Lipinski definition) is 4. The van der Waals surface area contributed by atoms with E-state index in [1.807, 2.05) is 109 Å². The predicted molar refractivity (Wildman–Crippen MR) is 221 cm³/mol. The molecule has 3 aromatic heterocycles. The molecule has 0 fully saturated rings. The molecular weight excluding hydrogens is 661 g/mol. The summed E-state index contributed by atoms with van der Waals surface area (Å²) in [4.78, 5) is 15.3. The number of hydrogen-bond donors (Lipinski definition) is 0. The second-order valence-corrected chi connectivity index (χ2v) is 13.1. The van der Waals surface area contributed by atoms with Crippen LogP contribution in [0.5, 0.6) is 0 Å². The molecule has 252 valence electrons. The highest BCUT2D eigenvalue weighted by Crippen LogP contribution is 2.39. The van der Waals surface area contributed by atoms with Gasteiger partial charge in [0.1, 0.15) is 11.2 Å². The lowest BCUT2D eigenvalue weighted by molar-refractivity contribution is 0.670. The molecule has 0 saturated heterocycles. The Morgan fingerprint density at radius 2 is 1.11 bits per heavy atom. The maximum atomic E-state index is 9.12. The highest BCUT2D eigenvalue weighted by atomic mass is 16.3. The first-order valence-corrected chi connectivity index (χ1v) is 17.5. The molecule has 0 aliphatic rings. The summed E-state index contributed by atoms with van der Waals surface area (Å²) in [6.45, 7) is 0. The number of benzene rings is 8. The zero-order valence-electron chi connectivity index (χ0n) is 35.5. The number of fused-ring (bicyclic) bond motifs is 7. The summed E-state index contributed by atoms with van der Waals surface area (Å²) in [5.41, 5.74) is 6.03. The molecule has 11 aromatic rings. The van der Waals surface area contributed by atoms with Crippen molar-refractivity contribution in [3.63, 3.8) is 0 Å². The van der Waals surface area contributed by atoms with Gasteiger partial charge in [-0.05, 0) is 58.8 Å². The maximum Gasteiger partial charge on any atom is 0.166 e. The number of furan rings is 1. The Balaban J connectivity index is 1.18. The lowest BCUT2D eigenvalue weighted by atomic mass is 10.00. The van der Waals surface area contributed by atoms with Gasteiger partial charge >= 0.3 is 0 Å². The Morgan fingerprint density at radius 1 is 0.444 bits per heavy atom. The van der Waals surface area contributed by atoms with Crippen LogP contribution in [0.15, 0.2) is 186 Å². The van der Waals surface area contributed by atoms with E-state index < -0.39 is 12.1 Å². The normalized spacial score (nSPS) is 13.5. The van der Waals surface area contributed by atoms with Crippen molar-refractivity contribution < 1.29 is 14.0 Å². The summed E-state index contributed by atoms with van der Waals surface area (Å²) in [6, 6.07) is 42.4. The highest BCUT2D eigenvalue weighted by Gasteiger charge is 2.20. The zero-order valence-corrected chi connectivity index (χ0v) is 28.5. The minimum absolute atomic E-state index is 0.0629. The van der Waals surface area contributed by atoms with E-state index in [4.69, 9.17) is 29.0 Å². The Morgan fingerprint density at radius 3 is 2.04 bits per heavy atom. The predicted octanol–water partition coefficient (Wildman–Crippen LogP) is 12.7. The second kappa shape index (κ2) is 12.1. The van der Waals surface area contributed by atoms with Crippen LogP contribution in [0.4, 0.5) is 0 Å². The molecule has 0 aliphatic heterocycles. The van der Waals surface area contributed by atoms with Crippen LogP contribution < -0.4 is 0 Å². The molecule has 3 heterocycles. The number of rotatable bonds is 5. The monoisotopic (exact) mass is 697 g/mol. The average Bonchev–Trinajstić information content (AvgIpc) is 3.87. The van der Waals surface area contributed by atoms with Gasteiger partial charge in [0.05, 0.1) is 26.3 Å². The molecule has 0 N–H and O–H groups in total. The third-order valence-corrected chi connectivity index (χ3v) is 9.94. The summed E-state index contributed by atoms with van der Waals surface area (Å²) < 4.78 is 69.7. The largest absolute Gasteiger partial charge is 0.455 e. The van der Waals surface area contributed by atoms with Crippen molar-refractivity contribution in [3.05, 3.63) is 182 Å². The highest BCUT2D eigenvalue weighted by molar-refractivity contribution is 6.10. The van der Waals surface area contributed by atoms with Gasteiger partial charge in [0.2, 0.25) is 0 Å². The maximum absolute atomic E-state index is 9.12. The van der Waals surface area contributed by atoms with Gasteiger partial charge in [-0.2, -0.15) is 0 Å². The fraction of sp³-hybridized carbons (Fsp3) is 0. The van der Waals surface area contributed by atoms with Gasteiger partial charge in [-0.1, -0.05) is 139 Å². The number of aromatic nitrogens is 4. The van der Waals surface area contributed by atoms with Crippen LogP contribution in [-0.4, -0.2) is 19.5 Å². The summed E-state index contributed by atoms with van der Waals surface area (Å²) >= 11 is 0. The molecule has 8 aromatic carbocycles. The van der Waals surface area contributed by atoms with Gasteiger partial charge in [0, 0.05) is 43.8 Å². The third-order valence-electron chi connectivity index (χ3n) is 9.94. The lowest BCUT2D eigenvalue weighted by Crippen LogP contribution is -2.03. The van der Waals surface area contributed by atoms with Crippen molar-refractivity contribution in [1.29, 1.82) is 0 Å². The molecule has 0 atom stereocenters. The number of nitrogens with zero attached hydrogens (tertiary/aromatic N) is 4. The van der Waals surface area contributed by atoms with Crippen molar-refractivity contribution in [2.24, 2.45) is 0 Å². The minimum Gasteiger partial charge on any atom is -0.455 e. The van der Waals surface area contributed by atoms with E-state index in [1.165, 1.54) is 6.07 Å². The first-order valence-electron chi connectivity index (χ1n) is 21.0. The molecule has 0 aliphatic carbocycles. The van der Waals surface area contributed by atoms with Gasteiger partial charge < -0.3 is 8.98 Å². The van der Waals surface area contributed by atoms with Crippen LogP contribution in [0.1, 0.15) is 9.60 Å². The SMILES string of the molecule is [2H]c1cc([2H])c2c(c1[2H])c1c([2H])c([2H])c([2H])c([2H])c1n2-c1ccccc1-c1nc(-c2cccc(-c3cccc4c3oc3ccccc34)c2)nc(-c2ccc3ccccc3c2)n1. The Kier molecular flexibility index (Phi) is 5.38. The summed E-state index contributed by atoms with van der Waals surface area (Å²) in [6.07, 6.45) is 0. The van der Waals surface area contributed by atoms with E-state index in [-0.39, 0.29) is 57.8 Å². The quantitative estimate of drug-likeness (QED) is 0.180. The van der Waals surface area contributed by atoms with E-state index >= 15 is 0 Å². The average molecular weight is 698 g/mol. The summed E-state index contributed by atoms with van der Waals surface area (Å²) in [7, 11) is 0. The molecule has 0 bridgehead atoms. The van der Waals surface area contributed by atoms with Crippen LogP contribution in [-0.2, 0) is 0 Å². The van der Waals surface area contributed by atoms with Crippen molar-refractivity contribution in [1.82, 2.24) is 19.5 Å². The standard InChI is InChI=1S/C49H30N4O/c1-2-14-32-29-35(28-27-31(32)13-1)48-50-47(34-16-11-15-33(30-34)36-21-12-22-40-39-19-6-10-26-45(39)54-46(36)40)51-49(52-48)41-20-5-9-25-44(41)53-42-23-7-3-17-37(42)38-18-4-8-24-43(38)53/h1-30H/i3D,4D,7D,17D,18D,23D,24D. The summed E-state index contributed by atoms with van der Waals surface area (Å²) in [5, 5.41) is 4.27. The van der Waals surface area contributed by atoms with Gasteiger partial charge in [-0.15, -0.1) is 0 Å². The molecule has 54 heavy (non-hydrogen) atoms. The second-order valence-electron chi connectivity index (χ2n) is 13.1. The van der Waals surface area contributed by atoms with Crippen molar-refractivity contribution in [3.8, 4) is 51.0 Å². The van der Waals surface area contributed by atoms with E-state index in [9.17, 15) is 0 Å². The van der Waals surface area contributed by atoms with E-state index in [0.717, 1.165) is 55.0 Å². The summed E-state index contributed by atoms with van der Waals surface area (Å²) in [5.74, 6) is 1.07. The van der Waals surface area contributed by atoms with Crippen molar-refractivity contribution in [2.45, 2.75) is 0 Å². The molecule has 0 spiro atoms. The van der Waals surface area contributed by atoms with Crippen LogP contribution in [0.25, 0.3) is 105 Å². The Hall–Kier alpha value is -7.37. The van der Waals surface area contributed by atoms with Crippen LogP contribution >= 0.6 is 0 Å². The van der Waals surface area contributed by atoms with E-state index in [2.05, 4.69) is 12.1 Å². The topological polar surface area (TPSA) is 56.7 Å². The first-order chi connectivity index (χ1) is 29.7. The van der Waals surface area contributed by atoms with Crippen LogP contribution in [0.2, 0.25) is 0 Å². The molecule has 0 unspecified atom stereocenters. The van der Waals surface area contributed by atoms with Gasteiger partial charge in [-0.25, -0.2) is 15.0 Å². The molecule has 0 saturated carbocycles. The van der Waals surface area contributed by atoms with Crippen molar-refractivity contribution in [2.75, 3.05) is 0 Å². The fourth-order valence-corrected chi connectivity index (χ4v) is 7.45. The Bertz CT molecular complexity index is 3650. The number of para-hydroxylation sites is 5. The fourth-order valence-electron chi connectivity index (χ4n) is 7.45. The van der Waals surface area contributed by atoms with E-state index in [1.54, 1.807) is 16.7 Å². The first kappa shape index (κ1) is 24.0. The van der Waals surface area contributed by atoms with E-state index in [0.29, 0.717) is 22.9 Å². The van der Waals surface area contributed by atoms with Gasteiger partial charge in [0.15, 0.2) is 17.5 Å². The molecule has 0 radical (unpaired) electrons. The molecule has 5 heteroatoms. The molecule has 11 rings (SSSR count). The smallest absolute Gasteiger partial charge is 0.166 e. The van der Waals surface area contributed by atoms with Crippen LogP contribution in [0, 0.1) is 0 Å². The van der Waals surface area contributed by atoms with Crippen LogP contribution in [0.3, 0.4) is 0 Å².